The fourth-order valence-corrected chi connectivity index (χ4v) is 2.49. The molecule has 1 atom stereocenters. The summed E-state index contributed by atoms with van der Waals surface area (Å²) in [5, 5.41) is 4.64. The number of H-pyrrole nitrogens is 1. The first-order valence-corrected chi connectivity index (χ1v) is 6.85. The summed E-state index contributed by atoms with van der Waals surface area (Å²) in [6.45, 7) is 2.09. The summed E-state index contributed by atoms with van der Waals surface area (Å²) in [5.41, 5.74) is 3.14. The van der Waals surface area contributed by atoms with Crippen molar-refractivity contribution in [2.24, 2.45) is 0 Å². The minimum atomic E-state index is -0.191. The standard InChI is InChI=1S/C17H17FN2/c1-2-16(12-4-3-5-14(18)10-12)20-15-6-7-17-13(11-15)8-9-19-17/h3-11,16,19-20H,2H2,1H3. The highest BCUT2D eigenvalue weighted by molar-refractivity contribution is 5.83. The Hall–Kier alpha value is -2.29. The van der Waals surface area contributed by atoms with Gasteiger partial charge in [-0.1, -0.05) is 19.1 Å². The fourth-order valence-electron chi connectivity index (χ4n) is 2.49. The van der Waals surface area contributed by atoms with Crippen molar-refractivity contribution in [3.05, 3.63) is 66.1 Å². The lowest BCUT2D eigenvalue weighted by Crippen LogP contribution is -2.09. The first kappa shape index (κ1) is 12.7. The predicted octanol–water partition coefficient (Wildman–Crippen LogP) is 4.87. The second-order valence-electron chi connectivity index (χ2n) is 4.94. The third kappa shape index (κ3) is 2.52. The summed E-state index contributed by atoms with van der Waals surface area (Å²) in [7, 11) is 0. The Bertz CT molecular complexity index is 718. The van der Waals surface area contributed by atoms with E-state index in [1.54, 1.807) is 12.1 Å². The van der Waals surface area contributed by atoms with Crippen LogP contribution in [0.1, 0.15) is 24.9 Å². The number of halogens is 1. The van der Waals surface area contributed by atoms with Crippen LogP contribution >= 0.6 is 0 Å². The van der Waals surface area contributed by atoms with Crippen molar-refractivity contribution in [1.29, 1.82) is 0 Å². The highest BCUT2D eigenvalue weighted by Gasteiger charge is 2.10. The van der Waals surface area contributed by atoms with Gasteiger partial charge in [0.05, 0.1) is 6.04 Å². The Morgan fingerprint density at radius 3 is 2.85 bits per heavy atom. The molecule has 0 aliphatic rings. The smallest absolute Gasteiger partial charge is 0.123 e. The van der Waals surface area contributed by atoms with Gasteiger partial charge in [0.2, 0.25) is 0 Å². The summed E-state index contributed by atoms with van der Waals surface area (Å²) in [5.74, 6) is -0.191. The van der Waals surface area contributed by atoms with E-state index in [0.29, 0.717) is 0 Å². The largest absolute Gasteiger partial charge is 0.378 e. The quantitative estimate of drug-likeness (QED) is 0.694. The maximum Gasteiger partial charge on any atom is 0.123 e. The van der Waals surface area contributed by atoms with Crippen LogP contribution in [0.5, 0.6) is 0 Å². The second kappa shape index (κ2) is 5.37. The molecule has 0 spiro atoms. The van der Waals surface area contributed by atoms with Crippen LogP contribution in [0.25, 0.3) is 10.9 Å². The van der Waals surface area contributed by atoms with Crippen LogP contribution in [-0.2, 0) is 0 Å². The fraction of sp³-hybridized carbons (Fsp3) is 0.176. The van der Waals surface area contributed by atoms with Crippen LogP contribution in [-0.4, -0.2) is 4.98 Å². The van der Waals surface area contributed by atoms with E-state index in [-0.39, 0.29) is 11.9 Å². The van der Waals surface area contributed by atoms with E-state index in [9.17, 15) is 4.39 Å². The van der Waals surface area contributed by atoms with Gasteiger partial charge in [0.15, 0.2) is 0 Å². The zero-order valence-electron chi connectivity index (χ0n) is 11.4. The maximum atomic E-state index is 13.3. The number of hydrogen-bond donors (Lipinski definition) is 2. The van der Waals surface area contributed by atoms with Crippen LogP contribution in [0.3, 0.4) is 0 Å². The first-order valence-electron chi connectivity index (χ1n) is 6.85. The van der Waals surface area contributed by atoms with Crippen molar-refractivity contribution in [3.63, 3.8) is 0 Å². The van der Waals surface area contributed by atoms with Crippen molar-refractivity contribution < 1.29 is 4.39 Å². The van der Waals surface area contributed by atoms with E-state index in [0.717, 1.165) is 23.2 Å². The molecule has 2 nitrogen and oxygen atoms in total. The summed E-state index contributed by atoms with van der Waals surface area (Å²) in [6, 6.07) is 15.1. The summed E-state index contributed by atoms with van der Waals surface area (Å²) in [4.78, 5) is 3.18. The molecule has 20 heavy (non-hydrogen) atoms. The van der Waals surface area contributed by atoms with Gasteiger partial charge in [-0.3, -0.25) is 0 Å². The maximum absolute atomic E-state index is 13.3. The highest BCUT2D eigenvalue weighted by Crippen LogP contribution is 2.25. The van der Waals surface area contributed by atoms with Gasteiger partial charge < -0.3 is 10.3 Å². The second-order valence-corrected chi connectivity index (χ2v) is 4.94. The van der Waals surface area contributed by atoms with Gasteiger partial charge in [-0.2, -0.15) is 0 Å². The lowest BCUT2D eigenvalue weighted by molar-refractivity contribution is 0.621. The van der Waals surface area contributed by atoms with Gasteiger partial charge >= 0.3 is 0 Å². The van der Waals surface area contributed by atoms with Crippen LogP contribution < -0.4 is 5.32 Å². The lowest BCUT2D eigenvalue weighted by Gasteiger charge is -2.19. The average molecular weight is 268 g/mol. The molecule has 0 saturated heterocycles. The van der Waals surface area contributed by atoms with Crippen molar-refractivity contribution >= 4 is 16.6 Å². The minimum absolute atomic E-state index is 0.113. The van der Waals surface area contributed by atoms with Gasteiger partial charge in [-0.05, 0) is 48.4 Å². The molecule has 3 heteroatoms. The number of aromatic nitrogens is 1. The molecule has 0 amide bonds. The molecular formula is C17H17FN2. The Kier molecular flexibility index (Phi) is 3.42. The summed E-state index contributed by atoms with van der Waals surface area (Å²) < 4.78 is 13.3. The molecule has 0 saturated carbocycles. The lowest BCUT2D eigenvalue weighted by atomic mass is 10.0. The zero-order valence-corrected chi connectivity index (χ0v) is 11.4. The molecule has 0 fully saturated rings. The van der Waals surface area contributed by atoms with Crippen LogP contribution in [0.4, 0.5) is 10.1 Å². The Morgan fingerprint density at radius 2 is 2.05 bits per heavy atom. The van der Waals surface area contributed by atoms with E-state index >= 15 is 0 Å². The van der Waals surface area contributed by atoms with Crippen LogP contribution in [0, 0.1) is 5.82 Å². The molecule has 2 N–H and O–H groups in total. The van der Waals surface area contributed by atoms with Crippen molar-refractivity contribution in [2.75, 3.05) is 5.32 Å². The van der Waals surface area contributed by atoms with Gasteiger partial charge in [0, 0.05) is 22.8 Å². The van der Waals surface area contributed by atoms with Crippen LogP contribution in [0.15, 0.2) is 54.7 Å². The normalized spacial score (nSPS) is 12.5. The minimum Gasteiger partial charge on any atom is -0.378 e. The van der Waals surface area contributed by atoms with Crippen LogP contribution in [0.2, 0.25) is 0 Å². The van der Waals surface area contributed by atoms with E-state index in [1.165, 1.54) is 11.5 Å². The van der Waals surface area contributed by atoms with Gasteiger partial charge in [0.1, 0.15) is 5.82 Å². The Labute approximate surface area is 117 Å². The number of anilines is 1. The average Bonchev–Trinajstić information content (AvgIpc) is 2.92. The monoisotopic (exact) mass is 268 g/mol. The third-order valence-electron chi connectivity index (χ3n) is 3.55. The van der Waals surface area contributed by atoms with Gasteiger partial charge in [0.25, 0.3) is 0 Å². The number of benzene rings is 2. The molecule has 0 bridgehead atoms. The number of aromatic amines is 1. The SMILES string of the molecule is CCC(Nc1ccc2[nH]ccc2c1)c1cccc(F)c1. The predicted molar refractivity (Wildman–Crippen MR) is 81.4 cm³/mol. The molecule has 1 heterocycles. The number of fused-ring (bicyclic) bond motifs is 1. The van der Waals surface area contributed by atoms with Crippen molar-refractivity contribution in [2.45, 2.75) is 19.4 Å². The first-order chi connectivity index (χ1) is 9.76. The molecule has 0 aliphatic carbocycles. The molecule has 1 aromatic heterocycles. The van der Waals surface area contributed by atoms with E-state index < -0.39 is 0 Å². The number of hydrogen-bond acceptors (Lipinski definition) is 1. The molecule has 0 aliphatic heterocycles. The molecule has 1 unspecified atom stereocenters. The number of nitrogens with one attached hydrogen (secondary N) is 2. The van der Waals surface area contributed by atoms with Crippen molar-refractivity contribution in [1.82, 2.24) is 4.98 Å². The topological polar surface area (TPSA) is 27.8 Å². The van der Waals surface area contributed by atoms with E-state index in [4.69, 9.17) is 0 Å². The summed E-state index contributed by atoms with van der Waals surface area (Å²) in [6.07, 6.45) is 2.83. The van der Waals surface area contributed by atoms with E-state index in [1.807, 2.05) is 24.4 Å². The van der Waals surface area contributed by atoms with Crippen molar-refractivity contribution in [3.8, 4) is 0 Å². The molecule has 3 rings (SSSR count). The Morgan fingerprint density at radius 1 is 1.15 bits per heavy atom. The molecule has 3 aromatic rings. The van der Waals surface area contributed by atoms with E-state index in [2.05, 4.69) is 29.4 Å². The molecule has 2 aromatic carbocycles. The number of rotatable bonds is 4. The third-order valence-corrected chi connectivity index (χ3v) is 3.55. The summed E-state index contributed by atoms with van der Waals surface area (Å²) >= 11 is 0. The highest BCUT2D eigenvalue weighted by atomic mass is 19.1. The zero-order chi connectivity index (χ0) is 13.9. The van der Waals surface area contributed by atoms with Gasteiger partial charge in [-0.25, -0.2) is 4.39 Å². The van der Waals surface area contributed by atoms with Gasteiger partial charge in [-0.15, -0.1) is 0 Å². The molecular weight excluding hydrogens is 251 g/mol. The molecule has 102 valence electrons. The molecule has 0 radical (unpaired) electrons. The Balaban J connectivity index is 1.87.